The van der Waals surface area contributed by atoms with Crippen LogP contribution in [0.5, 0.6) is 0 Å². The molecule has 4 aliphatic rings. The molecule has 0 radical (unpaired) electrons. The second kappa shape index (κ2) is 17.6. The molecule has 18 heteroatoms. The van der Waals surface area contributed by atoms with Gasteiger partial charge in [0.15, 0.2) is 0 Å². The third-order valence-corrected chi connectivity index (χ3v) is 13.5. The van der Waals surface area contributed by atoms with E-state index in [1.165, 1.54) is 18.4 Å². The summed E-state index contributed by atoms with van der Waals surface area (Å²) in [6.45, 7) is 11.3. The lowest BCUT2D eigenvalue weighted by molar-refractivity contribution is -0.141. The number of fused-ring (bicyclic) bond motifs is 1. The molecule has 62 heavy (non-hydrogen) atoms. The molecule has 3 aromatic heterocycles. The fraction of sp³-hybridized carbons (Fsp3) is 0.523. The lowest BCUT2D eigenvalue weighted by Crippen LogP contribution is -2.49. The molecular formula is C44H53F4N9O4S. The van der Waals surface area contributed by atoms with Crippen molar-refractivity contribution in [3.8, 4) is 0 Å². The van der Waals surface area contributed by atoms with E-state index in [9.17, 15) is 26.4 Å². The van der Waals surface area contributed by atoms with Gasteiger partial charge in [0, 0.05) is 74.9 Å². The minimum absolute atomic E-state index is 0.0239. The lowest BCUT2D eigenvalue weighted by atomic mass is 9.85. The van der Waals surface area contributed by atoms with Gasteiger partial charge in [0.2, 0.25) is 11.9 Å². The average molecular weight is 880 g/mol. The summed E-state index contributed by atoms with van der Waals surface area (Å²) in [6.07, 6.45) is 2.60. The standard InChI is InChI=1S/C44H53F4N9O4S/c1-5-41(58)57-16-7-8-34(57)31-20-35(56-23-28(24-56)26-62(4,59)60)32-22-50-39(21-30(32)42(31)27(2)3)52-38-11-15-49-43(53-38)55-19-14-36(33(45)25-55)61-29-12-17-54(18-13-29)40-10-6-9-37(51-40)44(46,47)48/h5-6,9-11,15,20-22,27-29,33-34,36H,1,7-8,12-14,16-19,23-26H2,2-4H3,(H,49,50,52,53)/t33-,34+,36+/m0/s1. The zero-order valence-corrected chi connectivity index (χ0v) is 36.0. The van der Waals surface area contributed by atoms with Crippen LogP contribution in [-0.4, -0.2) is 115 Å². The summed E-state index contributed by atoms with van der Waals surface area (Å²) in [5, 5.41) is 5.25. The Hall–Kier alpha value is -5.10. The van der Waals surface area contributed by atoms with Gasteiger partial charge in [-0.3, -0.25) is 4.79 Å². The van der Waals surface area contributed by atoms with E-state index in [0.717, 1.165) is 46.5 Å². The van der Waals surface area contributed by atoms with Crippen LogP contribution in [-0.2, 0) is 25.5 Å². The SMILES string of the molecule is C=CC(=O)N1CCC[C@@H]1c1cc(N2CC(CS(C)(=O)=O)C2)c2cnc(Nc3ccnc(N4CC[C@@H](OC5CCN(c6cccc(C(F)(F)F)n6)CC5)[C@@H](F)C4)n3)cc2c1C(C)C. The molecule has 4 saturated heterocycles. The van der Waals surface area contributed by atoms with Crippen LogP contribution < -0.4 is 20.0 Å². The van der Waals surface area contributed by atoms with E-state index in [4.69, 9.17) is 14.7 Å². The molecule has 0 spiro atoms. The number of nitrogens with one attached hydrogen (secondary N) is 1. The maximum Gasteiger partial charge on any atom is 0.433 e. The molecule has 1 amide bonds. The number of aromatic nitrogens is 4. The molecule has 7 heterocycles. The predicted molar refractivity (Wildman–Crippen MR) is 232 cm³/mol. The Labute approximate surface area is 359 Å². The van der Waals surface area contributed by atoms with Crippen molar-refractivity contribution >= 4 is 55.6 Å². The second-order valence-corrected chi connectivity index (χ2v) is 19.5. The molecule has 1 N–H and O–H groups in total. The third-order valence-electron chi connectivity index (χ3n) is 12.4. The Morgan fingerprint density at radius 3 is 2.40 bits per heavy atom. The third kappa shape index (κ3) is 9.45. The van der Waals surface area contributed by atoms with Crippen LogP contribution in [0.25, 0.3) is 10.8 Å². The number of likely N-dealkylation sites (tertiary alicyclic amines) is 1. The summed E-state index contributed by atoms with van der Waals surface area (Å²) in [7, 11) is -3.13. The van der Waals surface area contributed by atoms with E-state index in [1.807, 2.05) is 17.2 Å². The largest absolute Gasteiger partial charge is 0.433 e. The van der Waals surface area contributed by atoms with Crippen molar-refractivity contribution in [1.29, 1.82) is 0 Å². The Morgan fingerprint density at radius 2 is 1.71 bits per heavy atom. The van der Waals surface area contributed by atoms with Gasteiger partial charge in [0.1, 0.15) is 39.2 Å². The molecule has 0 bridgehead atoms. The summed E-state index contributed by atoms with van der Waals surface area (Å²) in [5.41, 5.74) is 2.20. The van der Waals surface area contributed by atoms with Gasteiger partial charge in [-0.05, 0) is 90.9 Å². The first-order valence-electron chi connectivity index (χ1n) is 21.3. The van der Waals surface area contributed by atoms with Gasteiger partial charge in [-0.2, -0.15) is 18.2 Å². The average Bonchev–Trinajstić information content (AvgIpc) is 3.72. The summed E-state index contributed by atoms with van der Waals surface area (Å²) in [5.74, 6) is 1.78. The number of benzene rings is 1. The van der Waals surface area contributed by atoms with Crippen molar-refractivity contribution in [3.63, 3.8) is 0 Å². The molecule has 4 aromatic rings. The first-order chi connectivity index (χ1) is 29.5. The van der Waals surface area contributed by atoms with Crippen LogP contribution >= 0.6 is 0 Å². The number of halogens is 4. The van der Waals surface area contributed by atoms with Gasteiger partial charge < -0.3 is 29.7 Å². The Balaban J connectivity index is 0.967. The number of hydrogen-bond donors (Lipinski definition) is 1. The molecule has 4 fully saturated rings. The van der Waals surface area contributed by atoms with Crippen LogP contribution in [0.2, 0.25) is 0 Å². The fourth-order valence-electron chi connectivity index (χ4n) is 9.51. The second-order valence-electron chi connectivity index (χ2n) is 17.3. The highest BCUT2D eigenvalue weighted by atomic mass is 32.2. The van der Waals surface area contributed by atoms with Crippen LogP contribution in [0, 0.1) is 5.92 Å². The zero-order chi connectivity index (χ0) is 43.9. The molecule has 13 nitrogen and oxygen atoms in total. The molecule has 0 unspecified atom stereocenters. The number of nitrogens with zero attached hydrogens (tertiary/aromatic N) is 8. The predicted octanol–water partition coefficient (Wildman–Crippen LogP) is 7.24. The van der Waals surface area contributed by atoms with E-state index < -0.39 is 34.0 Å². The molecule has 3 atom stereocenters. The van der Waals surface area contributed by atoms with Crippen molar-refractivity contribution < 1.29 is 35.5 Å². The highest BCUT2D eigenvalue weighted by Gasteiger charge is 2.38. The van der Waals surface area contributed by atoms with Crippen LogP contribution in [0.3, 0.4) is 0 Å². The van der Waals surface area contributed by atoms with Gasteiger partial charge >= 0.3 is 6.18 Å². The van der Waals surface area contributed by atoms with Crippen molar-refractivity contribution in [2.24, 2.45) is 5.92 Å². The first-order valence-corrected chi connectivity index (χ1v) is 23.4. The molecule has 0 saturated carbocycles. The van der Waals surface area contributed by atoms with Gasteiger partial charge in [0.25, 0.3) is 0 Å². The maximum absolute atomic E-state index is 15.8. The maximum atomic E-state index is 15.8. The molecule has 332 valence electrons. The Kier molecular flexibility index (Phi) is 12.3. The van der Waals surface area contributed by atoms with Gasteiger partial charge in [0.05, 0.1) is 30.5 Å². The quantitative estimate of drug-likeness (QED) is 0.114. The van der Waals surface area contributed by atoms with E-state index in [1.54, 1.807) is 28.1 Å². The highest BCUT2D eigenvalue weighted by Crippen LogP contribution is 2.45. The lowest BCUT2D eigenvalue weighted by Gasteiger charge is -2.42. The van der Waals surface area contributed by atoms with E-state index in [2.05, 4.69) is 46.7 Å². The van der Waals surface area contributed by atoms with Crippen molar-refractivity contribution in [3.05, 3.63) is 78.3 Å². The number of alkyl halides is 4. The summed E-state index contributed by atoms with van der Waals surface area (Å²) in [4.78, 5) is 38.6. The molecule has 8 rings (SSSR count). The van der Waals surface area contributed by atoms with E-state index >= 15 is 4.39 Å². The van der Waals surface area contributed by atoms with Crippen molar-refractivity contribution in [2.45, 2.75) is 82.5 Å². The number of hydrogen-bond acceptors (Lipinski definition) is 12. The normalized spacial score (nSPS) is 21.8. The fourth-order valence-corrected chi connectivity index (χ4v) is 10.6. The van der Waals surface area contributed by atoms with Crippen LogP contribution in [0.15, 0.2) is 61.4 Å². The zero-order valence-electron chi connectivity index (χ0n) is 35.2. The number of carbonyl (C=O) groups is 1. The number of anilines is 5. The Bertz CT molecular complexity index is 2410. The minimum Gasteiger partial charge on any atom is -0.372 e. The summed E-state index contributed by atoms with van der Waals surface area (Å²) in [6, 6.07) is 9.65. The van der Waals surface area contributed by atoms with Crippen LogP contribution in [0.4, 0.5) is 46.7 Å². The molecule has 1 aromatic carbocycles. The number of rotatable bonds is 12. The number of ether oxygens (including phenoxy) is 1. The first kappa shape index (κ1) is 43.5. The Morgan fingerprint density at radius 1 is 0.952 bits per heavy atom. The summed E-state index contributed by atoms with van der Waals surface area (Å²) < 4.78 is 85.8. The van der Waals surface area contributed by atoms with Gasteiger partial charge in [-0.1, -0.05) is 26.5 Å². The van der Waals surface area contributed by atoms with Crippen molar-refractivity contribution in [2.75, 3.05) is 77.8 Å². The van der Waals surface area contributed by atoms with Gasteiger partial charge in [-0.25, -0.2) is 27.8 Å². The number of piperidine rings is 2. The smallest absolute Gasteiger partial charge is 0.372 e. The van der Waals surface area contributed by atoms with Gasteiger partial charge in [-0.15, -0.1) is 0 Å². The molecule has 4 aliphatic heterocycles. The minimum atomic E-state index is -4.52. The van der Waals surface area contributed by atoms with E-state index in [-0.39, 0.29) is 48.0 Å². The highest BCUT2D eigenvalue weighted by molar-refractivity contribution is 7.90. The van der Waals surface area contributed by atoms with Crippen LogP contribution in [0.1, 0.15) is 74.7 Å². The van der Waals surface area contributed by atoms with Crippen molar-refractivity contribution in [1.82, 2.24) is 24.8 Å². The topological polar surface area (TPSA) is 137 Å². The summed E-state index contributed by atoms with van der Waals surface area (Å²) >= 11 is 0. The number of amides is 1. The molecular weight excluding hydrogens is 827 g/mol. The molecule has 0 aliphatic carbocycles. The monoisotopic (exact) mass is 879 g/mol. The van der Waals surface area contributed by atoms with E-state index in [0.29, 0.717) is 76.1 Å². The number of sulfone groups is 1. The number of carbonyl (C=O) groups excluding carboxylic acids is 1. The number of pyridine rings is 2.